The molecular formula is C22H24N8O. The number of aromatic nitrogens is 5. The molecule has 31 heavy (non-hydrogen) atoms. The van der Waals surface area contributed by atoms with Crippen LogP contribution in [0.1, 0.15) is 17.7 Å². The summed E-state index contributed by atoms with van der Waals surface area (Å²) in [5.41, 5.74) is 3.10. The highest BCUT2D eigenvalue weighted by atomic mass is 16.6. The number of pyridine rings is 1. The summed E-state index contributed by atoms with van der Waals surface area (Å²) in [6.45, 7) is 5.18. The van der Waals surface area contributed by atoms with Gasteiger partial charge >= 0.3 is 0 Å². The lowest BCUT2D eigenvalue weighted by Crippen LogP contribution is -2.31. The van der Waals surface area contributed by atoms with Gasteiger partial charge in [-0.3, -0.25) is 9.88 Å². The van der Waals surface area contributed by atoms with Crippen LogP contribution in [0.15, 0.2) is 59.4 Å². The van der Waals surface area contributed by atoms with Gasteiger partial charge in [-0.1, -0.05) is 36.4 Å². The third kappa shape index (κ3) is 4.61. The van der Waals surface area contributed by atoms with Crippen LogP contribution in [0.4, 0.5) is 11.6 Å². The molecule has 0 aliphatic carbocycles. The lowest BCUT2D eigenvalue weighted by atomic mass is 10.2. The Kier molecular flexibility index (Phi) is 5.66. The van der Waals surface area contributed by atoms with Crippen LogP contribution in [0.25, 0.3) is 11.3 Å². The fourth-order valence-electron chi connectivity index (χ4n) is 3.81. The molecule has 9 nitrogen and oxygen atoms in total. The third-order valence-corrected chi connectivity index (χ3v) is 5.40. The number of rotatable bonds is 6. The van der Waals surface area contributed by atoms with Crippen LogP contribution >= 0.6 is 0 Å². The molecule has 0 radical (unpaired) electrons. The van der Waals surface area contributed by atoms with Gasteiger partial charge in [0, 0.05) is 45.5 Å². The second-order valence-corrected chi connectivity index (χ2v) is 7.58. The van der Waals surface area contributed by atoms with E-state index in [4.69, 9.17) is 9.61 Å². The zero-order chi connectivity index (χ0) is 20.9. The summed E-state index contributed by atoms with van der Waals surface area (Å²) in [6.07, 6.45) is 2.88. The number of nitrogens with one attached hydrogen (secondary N) is 1. The minimum absolute atomic E-state index is 0.408. The van der Waals surface area contributed by atoms with E-state index >= 15 is 0 Å². The van der Waals surface area contributed by atoms with Crippen molar-refractivity contribution in [1.82, 2.24) is 30.2 Å². The van der Waals surface area contributed by atoms with Gasteiger partial charge in [-0.05, 0) is 34.4 Å². The molecule has 0 bridgehead atoms. The first kappa shape index (κ1) is 19.4. The summed E-state index contributed by atoms with van der Waals surface area (Å²) in [4.78, 5) is 18.5. The first-order chi connectivity index (χ1) is 15.3. The largest absolute Gasteiger partial charge is 0.363 e. The summed E-state index contributed by atoms with van der Waals surface area (Å²) in [6, 6.07) is 16.3. The van der Waals surface area contributed by atoms with Crippen molar-refractivity contribution in [3.8, 4) is 0 Å². The zero-order valence-corrected chi connectivity index (χ0v) is 17.2. The third-order valence-electron chi connectivity index (χ3n) is 5.40. The minimum atomic E-state index is 0.408. The highest BCUT2D eigenvalue weighted by Gasteiger charge is 2.22. The first-order valence-corrected chi connectivity index (χ1v) is 10.5. The fraction of sp³-hybridized carbons (Fsp3) is 0.318. The predicted octanol–water partition coefficient (Wildman–Crippen LogP) is 2.73. The van der Waals surface area contributed by atoms with Crippen LogP contribution in [0.5, 0.6) is 0 Å². The van der Waals surface area contributed by atoms with Crippen molar-refractivity contribution >= 4 is 22.9 Å². The van der Waals surface area contributed by atoms with Crippen LogP contribution in [-0.2, 0) is 13.1 Å². The van der Waals surface area contributed by atoms with E-state index in [9.17, 15) is 0 Å². The van der Waals surface area contributed by atoms with Gasteiger partial charge in [0.25, 0.3) is 0 Å². The van der Waals surface area contributed by atoms with E-state index in [0.29, 0.717) is 23.7 Å². The summed E-state index contributed by atoms with van der Waals surface area (Å²) in [5.74, 6) is 1.49. The quantitative estimate of drug-likeness (QED) is 0.509. The Bertz CT molecular complexity index is 1120. The molecule has 1 aromatic carbocycles. The maximum atomic E-state index is 4.85. The Labute approximate surface area is 180 Å². The molecule has 0 atom stereocenters. The number of hydrogen-bond donors (Lipinski definition) is 1. The molecule has 1 saturated heterocycles. The van der Waals surface area contributed by atoms with Crippen molar-refractivity contribution in [3.63, 3.8) is 0 Å². The van der Waals surface area contributed by atoms with Gasteiger partial charge in [-0.2, -0.15) is 0 Å². The summed E-state index contributed by atoms with van der Waals surface area (Å²) in [5, 5.41) is 11.2. The Balaban J connectivity index is 1.34. The number of benzene rings is 1. The van der Waals surface area contributed by atoms with Gasteiger partial charge in [0.2, 0.25) is 11.3 Å². The second kappa shape index (κ2) is 9.05. The Morgan fingerprint density at radius 1 is 0.871 bits per heavy atom. The van der Waals surface area contributed by atoms with Crippen LogP contribution in [0.3, 0.4) is 0 Å². The van der Waals surface area contributed by atoms with Crippen LogP contribution in [0, 0.1) is 0 Å². The maximum Gasteiger partial charge on any atom is 0.245 e. The molecular weight excluding hydrogens is 392 g/mol. The minimum Gasteiger partial charge on any atom is -0.363 e. The highest BCUT2D eigenvalue weighted by Crippen LogP contribution is 2.25. The smallest absolute Gasteiger partial charge is 0.245 e. The van der Waals surface area contributed by atoms with Crippen molar-refractivity contribution < 1.29 is 4.63 Å². The molecule has 4 aromatic rings. The monoisotopic (exact) mass is 416 g/mol. The second-order valence-electron chi connectivity index (χ2n) is 7.58. The molecule has 9 heteroatoms. The highest BCUT2D eigenvalue weighted by molar-refractivity contribution is 5.74. The van der Waals surface area contributed by atoms with Crippen LogP contribution < -0.4 is 10.2 Å². The van der Waals surface area contributed by atoms with Gasteiger partial charge in [-0.15, -0.1) is 0 Å². The van der Waals surface area contributed by atoms with E-state index in [0.717, 1.165) is 50.7 Å². The van der Waals surface area contributed by atoms with E-state index in [-0.39, 0.29) is 0 Å². The van der Waals surface area contributed by atoms with Crippen molar-refractivity contribution in [2.75, 3.05) is 36.4 Å². The predicted molar refractivity (Wildman–Crippen MR) is 118 cm³/mol. The molecule has 1 aliphatic rings. The van der Waals surface area contributed by atoms with Crippen molar-refractivity contribution in [2.45, 2.75) is 19.5 Å². The summed E-state index contributed by atoms with van der Waals surface area (Å²) < 4.78 is 4.85. The molecule has 3 aromatic heterocycles. The SMILES string of the molecule is c1ccc(CNc2nc3nonc3nc2N2CCCN(Cc3ccccn3)CC2)cc1. The number of anilines is 2. The molecule has 0 amide bonds. The fourth-order valence-corrected chi connectivity index (χ4v) is 3.81. The molecule has 4 heterocycles. The number of fused-ring (bicyclic) bond motifs is 1. The van der Waals surface area contributed by atoms with E-state index < -0.39 is 0 Å². The lowest BCUT2D eigenvalue weighted by molar-refractivity contribution is 0.282. The zero-order valence-electron chi connectivity index (χ0n) is 17.2. The number of nitrogens with zero attached hydrogens (tertiary/aromatic N) is 7. The van der Waals surface area contributed by atoms with Crippen LogP contribution in [0.2, 0.25) is 0 Å². The molecule has 1 N–H and O–H groups in total. The Morgan fingerprint density at radius 3 is 2.55 bits per heavy atom. The normalized spacial score (nSPS) is 15.2. The molecule has 0 unspecified atom stereocenters. The Morgan fingerprint density at radius 2 is 1.71 bits per heavy atom. The molecule has 0 saturated carbocycles. The van der Waals surface area contributed by atoms with Gasteiger partial charge in [0.05, 0.1) is 5.69 Å². The summed E-state index contributed by atoms with van der Waals surface area (Å²) in [7, 11) is 0. The topological polar surface area (TPSA) is 96.1 Å². The van der Waals surface area contributed by atoms with Crippen molar-refractivity contribution in [3.05, 3.63) is 66.0 Å². The standard InChI is InChI=1S/C22H24N8O/c1-2-7-17(8-3-1)15-24-21-22(26-20-19(25-21)27-31-28-20)30-12-6-11-29(13-14-30)16-18-9-4-5-10-23-18/h1-5,7-10H,6,11-16H2,(H,24,25,27). The van der Waals surface area contributed by atoms with Crippen LogP contribution in [-0.4, -0.2) is 56.3 Å². The van der Waals surface area contributed by atoms with Crippen molar-refractivity contribution in [2.24, 2.45) is 0 Å². The average molecular weight is 416 g/mol. The molecule has 5 rings (SSSR count). The number of hydrogen-bond acceptors (Lipinski definition) is 9. The molecule has 158 valence electrons. The molecule has 1 fully saturated rings. The van der Waals surface area contributed by atoms with E-state index in [1.807, 2.05) is 36.5 Å². The summed E-state index contributed by atoms with van der Waals surface area (Å²) >= 11 is 0. The molecule has 0 spiro atoms. The first-order valence-electron chi connectivity index (χ1n) is 10.5. The van der Waals surface area contributed by atoms with E-state index in [1.54, 1.807) is 0 Å². The van der Waals surface area contributed by atoms with Crippen molar-refractivity contribution in [1.29, 1.82) is 0 Å². The van der Waals surface area contributed by atoms with Gasteiger partial charge in [0.1, 0.15) is 0 Å². The average Bonchev–Trinajstić information content (AvgIpc) is 3.15. The maximum absolute atomic E-state index is 4.85. The lowest BCUT2D eigenvalue weighted by Gasteiger charge is -2.24. The van der Waals surface area contributed by atoms with Gasteiger partial charge in [-0.25, -0.2) is 14.6 Å². The van der Waals surface area contributed by atoms with Gasteiger partial charge < -0.3 is 10.2 Å². The van der Waals surface area contributed by atoms with E-state index in [2.05, 4.69) is 53.6 Å². The van der Waals surface area contributed by atoms with Gasteiger partial charge in [0.15, 0.2) is 11.6 Å². The Hall–Kier alpha value is -3.59. The molecule has 1 aliphatic heterocycles. The van der Waals surface area contributed by atoms with E-state index in [1.165, 1.54) is 5.56 Å².